The molecule has 0 unspecified atom stereocenters. The summed E-state index contributed by atoms with van der Waals surface area (Å²) in [5.74, 6) is -1.40. The standard InChI is InChI=1S/C4H8O3.K/c1-2-3(5)4(6)7;/h3,5H,2H2,1H3,(H,6,7);/q;+1/p-1/t3-;/m0./s1. The number of carbonyl (C=O) groups is 1. The molecule has 0 heterocycles. The Labute approximate surface area is 90.5 Å². The molecule has 42 valence electrons. The molecule has 0 amide bonds. The van der Waals surface area contributed by atoms with Gasteiger partial charge in [0.2, 0.25) is 0 Å². The predicted molar refractivity (Wildman–Crippen MR) is 21.3 cm³/mol. The van der Waals surface area contributed by atoms with E-state index in [4.69, 9.17) is 5.11 Å². The van der Waals surface area contributed by atoms with Gasteiger partial charge < -0.3 is 15.0 Å². The molecule has 0 rings (SSSR count). The largest absolute Gasteiger partial charge is 1.00 e. The van der Waals surface area contributed by atoms with Crippen molar-refractivity contribution in [3.05, 3.63) is 0 Å². The molecule has 0 aromatic rings. The van der Waals surface area contributed by atoms with Crippen molar-refractivity contribution >= 4 is 5.97 Å². The summed E-state index contributed by atoms with van der Waals surface area (Å²) < 4.78 is 0. The molecule has 0 bridgehead atoms. The van der Waals surface area contributed by atoms with E-state index in [1.807, 2.05) is 0 Å². The third-order valence-electron chi connectivity index (χ3n) is 0.659. The van der Waals surface area contributed by atoms with Crippen LogP contribution in [-0.2, 0) is 4.79 Å². The third kappa shape index (κ3) is 5.21. The summed E-state index contributed by atoms with van der Waals surface area (Å²) in [5.41, 5.74) is 0. The third-order valence-corrected chi connectivity index (χ3v) is 0.659. The molecule has 1 N–H and O–H groups in total. The molecule has 8 heavy (non-hydrogen) atoms. The second-order valence-corrected chi connectivity index (χ2v) is 1.24. The summed E-state index contributed by atoms with van der Waals surface area (Å²) in [4.78, 5) is 9.57. The first kappa shape index (κ1) is 11.8. The molecule has 1 atom stereocenters. The van der Waals surface area contributed by atoms with Crippen molar-refractivity contribution in [1.82, 2.24) is 0 Å². The van der Waals surface area contributed by atoms with Crippen molar-refractivity contribution in [3.63, 3.8) is 0 Å². The maximum atomic E-state index is 9.57. The first-order valence-corrected chi connectivity index (χ1v) is 2.07. The van der Waals surface area contributed by atoms with Crippen molar-refractivity contribution in [2.75, 3.05) is 0 Å². The van der Waals surface area contributed by atoms with Gasteiger partial charge in [0.1, 0.15) is 0 Å². The second-order valence-electron chi connectivity index (χ2n) is 1.24. The van der Waals surface area contributed by atoms with Crippen LogP contribution in [0, 0.1) is 0 Å². The molecule has 0 aromatic carbocycles. The van der Waals surface area contributed by atoms with Crippen LogP contribution in [0.15, 0.2) is 0 Å². The van der Waals surface area contributed by atoms with Crippen LogP contribution in [0.25, 0.3) is 0 Å². The maximum Gasteiger partial charge on any atom is 1.00 e. The van der Waals surface area contributed by atoms with E-state index in [-0.39, 0.29) is 57.8 Å². The van der Waals surface area contributed by atoms with E-state index in [1.54, 1.807) is 6.92 Å². The Morgan fingerprint density at radius 1 is 1.88 bits per heavy atom. The van der Waals surface area contributed by atoms with Crippen LogP contribution >= 0.6 is 0 Å². The van der Waals surface area contributed by atoms with Crippen molar-refractivity contribution in [3.8, 4) is 0 Å². The van der Waals surface area contributed by atoms with Crippen molar-refractivity contribution in [1.29, 1.82) is 0 Å². The summed E-state index contributed by atoms with van der Waals surface area (Å²) in [6, 6.07) is 0. The molecule has 0 fully saturated rings. The Hall–Kier alpha value is 1.07. The normalized spacial score (nSPS) is 11.8. The number of aliphatic hydroxyl groups is 1. The summed E-state index contributed by atoms with van der Waals surface area (Å²) in [6.45, 7) is 1.57. The van der Waals surface area contributed by atoms with Gasteiger partial charge in [0.05, 0.1) is 12.1 Å². The topological polar surface area (TPSA) is 60.4 Å². The van der Waals surface area contributed by atoms with Crippen molar-refractivity contribution < 1.29 is 66.4 Å². The minimum Gasteiger partial charge on any atom is -0.547 e. The number of aliphatic carboxylic acids is 1. The number of aliphatic hydroxyl groups excluding tert-OH is 1. The Morgan fingerprint density at radius 3 is 2.25 bits per heavy atom. The molecule has 0 aliphatic carbocycles. The molecule has 4 heteroatoms. The smallest absolute Gasteiger partial charge is 0.547 e. The average Bonchev–Trinajstić information content (AvgIpc) is 1.65. The van der Waals surface area contributed by atoms with E-state index in [1.165, 1.54) is 0 Å². The maximum absolute atomic E-state index is 9.57. The number of hydrogen-bond donors (Lipinski definition) is 1. The molecule has 0 aliphatic heterocycles. The molecule has 0 saturated carbocycles. The number of carbonyl (C=O) groups excluding carboxylic acids is 1. The van der Waals surface area contributed by atoms with Crippen LogP contribution in [0.2, 0.25) is 0 Å². The SMILES string of the molecule is CC[C@H](O)C(=O)[O-].[K+]. The monoisotopic (exact) mass is 142 g/mol. The van der Waals surface area contributed by atoms with Gasteiger partial charge in [0.25, 0.3) is 0 Å². The Kier molecular flexibility index (Phi) is 9.14. The van der Waals surface area contributed by atoms with E-state index in [0.717, 1.165) is 0 Å². The van der Waals surface area contributed by atoms with Crippen LogP contribution < -0.4 is 56.5 Å². The fourth-order valence-corrected chi connectivity index (χ4v) is 0.167. The number of carboxylic acid groups (broad SMARTS) is 1. The first-order chi connectivity index (χ1) is 3.18. The van der Waals surface area contributed by atoms with Crippen LogP contribution in [0.3, 0.4) is 0 Å². The van der Waals surface area contributed by atoms with E-state index in [0.29, 0.717) is 0 Å². The Morgan fingerprint density at radius 2 is 2.25 bits per heavy atom. The molecule has 0 spiro atoms. The van der Waals surface area contributed by atoms with E-state index in [9.17, 15) is 9.90 Å². The van der Waals surface area contributed by atoms with Crippen LogP contribution in [0.4, 0.5) is 0 Å². The van der Waals surface area contributed by atoms with E-state index >= 15 is 0 Å². The molecule has 0 aliphatic rings. The van der Waals surface area contributed by atoms with Gasteiger partial charge in [-0.1, -0.05) is 6.92 Å². The molecule has 0 saturated heterocycles. The van der Waals surface area contributed by atoms with Gasteiger partial charge in [-0.15, -0.1) is 0 Å². The molecule has 0 radical (unpaired) electrons. The van der Waals surface area contributed by atoms with E-state index in [2.05, 4.69) is 0 Å². The van der Waals surface area contributed by atoms with Crippen molar-refractivity contribution in [2.45, 2.75) is 19.4 Å². The number of rotatable bonds is 2. The van der Waals surface area contributed by atoms with Crippen LogP contribution in [0.5, 0.6) is 0 Å². The summed E-state index contributed by atoms with van der Waals surface area (Å²) >= 11 is 0. The zero-order valence-corrected chi connectivity index (χ0v) is 8.17. The molecule has 0 aromatic heterocycles. The minimum absolute atomic E-state index is 0. The van der Waals surface area contributed by atoms with Gasteiger partial charge in [-0.3, -0.25) is 0 Å². The molecular weight excluding hydrogens is 135 g/mol. The van der Waals surface area contributed by atoms with Gasteiger partial charge in [-0.05, 0) is 6.42 Å². The second kappa shape index (κ2) is 6.19. The summed E-state index contributed by atoms with van der Waals surface area (Å²) in [7, 11) is 0. The van der Waals surface area contributed by atoms with Crippen LogP contribution in [-0.4, -0.2) is 17.2 Å². The zero-order valence-electron chi connectivity index (χ0n) is 5.05. The molecular formula is C4H7KO3. The minimum atomic E-state index is -1.40. The summed E-state index contributed by atoms with van der Waals surface area (Å²) in [5, 5.41) is 17.8. The first-order valence-electron chi connectivity index (χ1n) is 2.07. The number of hydrogen-bond acceptors (Lipinski definition) is 3. The van der Waals surface area contributed by atoms with Gasteiger partial charge in [0.15, 0.2) is 0 Å². The van der Waals surface area contributed by atoms with Gasteiger partial charge >= 0.3 is 51.4 Å². The van der Waals surface area contributed by atoms with Crippen molar-refractivity contribution in [2.24, 2.45) is 0 Å². The van der Waals surface area contributed by atoms with Gasteiger partial charge in [-0.2, -0.15) is 0 Å². The predicted octanol–water partition coefficient (Wildman–Crippen LogP) is -4.49. The fourth-order valence-electron chi connectivity index (χ4n) is 0.167. The Bertz CT molecular complexity index is 73.7. The van der Waals surface area contributed by atoms with Gasteiger partial charge in [-0.25, -0.2) is 0 Å². The van der Waals surface area contributed by atoms with Gasteiger partial charge in [0, 0.05) is 0 Å². The van der Waals surface area contributed by atoms with Crippen LogP contribution in [0.1, 0.15) is 13.3 Å². The Balaban J connectivity index is 0. The quantitative estimate of drug-likeness (QED) is 0.395. The zero-order chi connectivity index (χ0) is 5.86. The average molecular weight is 142 g/mol. The summed E-state index contributed by atoms with van der Waals surface area (Å²) in [6.07, 6.45) is -1.08. The molecule has 3 nitrogen and oxygen atoms in total. The fraction of sp³-hybridized carbons (Fsp3) is 0.750. The van der Waals surface area contributed by atoms with E-state index < -0.39 is 12.1 Å². The number of carboxylic acids is 1.